The van der Waals surface area contributed by atoms with Crippen LogP contribution in [0.4, 0.5) is 4.79 Å². The number of amides is 2. The molecule has 1 fully saturated rings. The highest BCUT2D eigenvalue weighted by Crippen LogP contribution is 2.44. The molecule has 2 amide bonds. The third kappa shape index (κ3) is 5.02. The van der Waals surface area contributed by atoms with Crippen LogP contribution >= 0.6 is 0 Å². The molecule has 2 aromatic rings. The SMILES string of the molecule is CC[C@@H](CC(=O)N1CCC[C@H]1CC(=O)O)NC(=O)OCC1c2ccccc2-c2ccccc21. The summed E-state index contributed by atoms with van der Waals surface area (Å²) in [6, 6.07) is 15.7. The summed E-state index contributed by atoms with van der Waals surface area (Å²) >= 11 is 0. The van der Waals surface area contributed by atoms with E-state index >= 15 is 0 Å². The highest BCUT2D eigenvalue weighted by Gasteiger charge is 2.32. The number of carboxylic acid groups (broad SMARTS) is 1. The summed E-state index contributed by atoms with van der Waals surface area (Å²) in [5, 5.41) is 11.9. The van der Waals surface area contributed by atoms with E-state index in [0.29, 0.717) is 19.4 Å². The van der Waals surface area contributed by atoms with Crippen molar-refractivity contribution >= 4 is 18.0 Å². The predicted molar refractivity (Wildman–Crippen MR) is 124 cm³/mol. The Morgan fingerprint density at radius 1 is 1.09 bits per heavy atom. The Hall–Kier alpha value is -3.35. The molecule has 1 aliphatic heterocycles. The van der Waals surface area contributed by atoms with Crippen LogP contribution in [0.25, 0.3) is 11.1 Å². The van der Waals surface area contributed by atoms with E-state index in [9.17, 15) is 14.4 Å². The molecule has 174 valence electrons. The van der Waals surface area contributed by atoms with Crippen LogP contribution < -0.4 is 5.32 Å². The van der Waals surface area contributed by atoms with E-state index in [1.807, 2.05) is 31.2 Å². The molecule has 1 heterocycles. The average molecular weight is 451 g/mol. The minimum Gasteiger partial charge on any atom is -0.481 e. The second-order valence-corrected chi connectivity index (χ2v) is 8.76. The standard InChI is InChI=1S/C26H30N2O5/c1-2-17(14-24(29)28-13-7-8-18(28)15-25(30)31)27-26(32)33-16-23-21-11-5-3-9-19(21)20-10-4-6-12-22(20)23/h3-6,9-12,17-18,23H,2,7-8,13-16H2,1H3,(H,27,32)(H,30,31)/t17-,18-/m0/s1. The molecule has 7 nitrogen and oxygen atoms in total. The van der Waals surface area contributed by atoms with Crippen LogP contribution in [0.15, 0.2) is 48.5 Å². The molecule has 0 unspecified atom stereocenters. The highest BCUT2D eigenvalue weighted by atomic mass is 16.5. The first-order valence-corrected chi connectivity index (χ1v) is 11.6. The number of benzene rings is 2. The van der Waals surface area contributed by atoms with E-state index in [1.54, 1.807) is 4.90 Å². The summed E-state index contributed by atoms with van der Waals surface area (Å²) < 4.78 is 5.60. The normalized spacial score (nSPS) is 17.8. The number of carboxylic acids is 1. The lowest BCUT2D eigenvalue weighted by Gasteiger charge is -2.26. The van der Waals surface area contributed by atoms with Gasteiger partial charge in [0.1, 0.15) is 6.61 Å². The first-order valence-electron chi connectivity index (χ1n) is 11.6. The Morgan fingerprint density at radius 2 is 1.73 bits per heavy atom. The third-order valence-electron chi connectivity index (χ3n) is 6.69. The number of fused-ring (bicyclic) bond motifs is 3. The van der Waals surface area contributed by atoms with Crippen molar-refractivity contribution in [2.24, 2.45) is 0 Å². The van der Waals surface area contributed by atoms with Gasteiger partial charge in [0.05, 0.1) is 6.42 Å². The molecule has 2 aromatic carbocycles. The molecule has 2 N–H and O–H groups in total. The average Bonchev–Trinajstić information content (AvgIpc) is 3.39. The number of carbonyl (C=O) groups excluding carboxylic acids is 2. The third-order valence-corrected chi connectivity index (χ3v) is 6.69. The lowest BCUT2D eigenvalue weighted by molar-refractivity contribution is -0.140. The van der Waals surface area contributed by atoms with Gasteiger partial charge in [-0.3, -0.25) is 9.59 Å². The first kappa shape index (κ1) is 22.8. The van der Waals surface area contributed by atoms with E-state index in [-0.39, 0.29) is 43.4 Å². The first-order chi connectivity index (χ1) is 16.0. The van der Waals surface area contributed by atoms with Gasteiger partial charge in [-0.05, 0) is 41.5 Å². The largest absolute Gasteiger partial charge is 0.481 e. The number of likely N-dealkylation sites (tertiary alicyclic amines) is 1. The number of alkyl carbamates (subject to hydrolysis) is 1. The molecule has 1 aliphatic carbocycles. The number of ether oxygens (including phenoxy) is 1. The highest BCUT2D eigenvalue weighted by molar-refractivity contribution is 5.80. The predicted octanol–water partition coefficient (Wildman–Crippen LogP) is 4.16. The van der Waals surface area contributed by atoms with Gasteiger partial charge in [0, 0.05) is 31.0 Å². The van der Waals surface area contributed by atoms with Crippen LogP contribution in [-0.2, 0) is 14.3 Å². The van der Waals surface area contributed by atoms with Gasteiger partial charge in [0.15, 0.2) is 0 Å². The van der Waals surface area contributed by atoms with Crippen LogP contribution in [0.1, 0.15) is 56.1 Å². The molecule has 0 bridgehead atoms. The molecule has 0 spiro atoms. The summed E-state index contributed by atoms with van der Waals surface area (Å²) in [7, 11) is 0. The Labute approximate surface area is 193 Å². The quantitative estimate of drug-likeness (QED) is 0.630. The topological polar surface area (TPSA) is 95.9 Å². The van der Waals surface area contributed by atoms with Crippen LogP contribution in [0.5, 0.6) is 0 Å². The van der Waals surface area contributed by atoms with E-state index < -0.39 is 12.1 Å². The van der Waals surface area contributed by atoms with Gasteiger partial charge in [-0.2, -0.15) is 0 Å². The number of hydrogen-bond donors (Lipinski definition) is 2. The zero-order valence-electron chi connectivity index (χ0n) is 18.8. The zero-order valence-corrected chi connectivity index (χ0v) is 18.8. The fraction of sp³-hybridized carbons (Fsp3) is 0.423. The molecule has 33 heavy (non-hydrogen) atoms. The molecule has 4 rings (SSSR count). The molecular formula is C26H30N2O5. The lowest BCUT2D eigenvalue weighted by Crippen LogP contribution is -2.43. The van der Waals surface area contributed by atoms with E-state index in [1.165, 1.54) is 11.1 Å². The maximum Gasteiger partial charge on any atom is 0.407 e. The second-order valence-electron chi connectivity index (χ2n) is 8.76. The number of carbonyl (C=O) groups is 3. The van der Waals surface area contributed by atoms with Gasteiger partial charge in [-0.15, -0.1) is 0 Å². The van der Waals surface area contributed by atoms with Crippen LogP contribution in [-0.4, -0.2) is 53.2 Å². The fourth-order valence-corrected chi connectivity index (χ4v) is 5.01. The Balaban J connectivity index is 1.34. The Morgan fingerprint density at radius 3 is 2.33 bits per heavy atom. The molecule has 0 aromatic heterocycles. The molecule has 0 radical (unpaired) electrons. The lowest BCUT2D eigenvalue weighted by atomic mass is 9.98. The van der Waals surface area contributed by atoms with Gasteiger partial charge in [-0.25, -0.2) is 4.79 Å². The summed E-state index contributed by atoms with van der Waals surface area (Å²) in [5.41, 5.74) is 4.63. The van der Waals surface area contributed by atoms with Crippen molar-refractivity contribution in [2.75, 3.05) is 13.2 Å². The summed E-state index contributed by atoms with van der Waals surface area (Å²) in [4.78, 5) is 38.1. The summed E-state index contributed by atoms with van der Waals surface area (Å²) in [6.45, 7) is 2.69. The molecule has 2 atom stereocenters. The Kier molecular flexibility index (Phi) is 6.96. The fourth-order valence-electron chi connectivity index (χ4n) is 5.01. The van der Waals surface area contributed by atoms with Crippen molar-refractivity contribution in [2.45, 2.75) is 57.0 Å². The van der Waals surface area contributed by atoms with Crippen molar-refractivity contribution in [3.8, 4) is 11.1 Å². The van der Waals surface area contributed by atoms with Crippen molar-refractivity contribution in [1.29, 1.82) is 0 Å². The van der Waals surface area contributed by atoms with E-state index in [0.717, 1.165) is 17.5 Å². The van der Waals surface area contributed by atoms with Crippen molar-refractivity contribution in [3.63, 3.8) is 0 Å². The van der Waals surface area contributed by atoms with Crippen LogP contribution in [0, 0.1) is 0 Å². The molecular weight excluding hydrogens is 420 g/mol. The van der Waals surface area contributed by atoms with Gasteiger partial charge in [0.2, 0.25) is 5.91 Å². The van der Waals surface area contributed by atoms with Gasteiger partial charge in [0.25, 0.3) is 0 Å². The van der Waals surface area contributed by atoms with Gasteiger partial charge in [-0.1, -0.05) is 55.5 Å². The van der Waals surface area contributed by atoms with Gasteiger partial charge >= 0.3 is 12.1 Å². The maximum atomic E-state index is 12.8. The van der Waals surface area contributed by atoms with Crippen LogP contribution in [0.3, 0.4) is 0 Å². The van der Waals surface area contributed by atoms with Crippen molar-refractivity contribution in [3.05, 3.63) is 59.7 Å². The van der Waals surface area contributed by atoms with Crippen molar-refractivity contribution in [1.82, 2.24) is 10.2 Å². The Bertz CT molecular complexity index is 991. The van der Waals surface area contributed by atoms with E-state index in [4.69, 9.17) is 9.84 Å². The van der Waals surface area contributed by atoms with Crippen molar-refractivity contribution < 1.29 is 24.2 Å². The second kappa shape index (κ2) is 10.1. The number of aliphatic carboxylic acids is 1. The maximum absolute atomic E-state index is 12.8. The molecule has 2 aliphatic rings. The number of rotatable bonds is 8. The summed E-state index contributed by atoms with van der Waals surface area (Å²) in [5.74, 6) is -1.04. The smallest absolute Gasteiger partial charge is 0.407 e. The van der Waals surface area contributed by atoms with Gasteiger partial charge < -0.3 is 20.1 Å². The van der Waals surface area contributed by atoms with E-state index in [2.05, 4.69) is 29.6 Å². The molecule has 0 saturated carbocycles. The summed E-state index contributed by atoms with van der Waals surface area (Å²) in [6.07, 6.45) is 1.64. The number of hydrogen-bond acceptors (Lipinski definition) is 4. The molecule has 1 saturated heterocycles. The zero-order chi connectivity index (χ0) is 23.4. The monoisotopic (exact) mass is 450 g/mol. The minimum atomic E-state index is -0.900. The number of nitrogens with one attached hydrogen (secondary N) is 1. The van der Waals surface area contributed by atoms with Crippen LogP contribution in [0.2, 0.25) is 0 Å². The number of nitrogens with zero attached hydrogens (tertiary/aromatic N) is 1. The molecule has 7 heteroatoms. The minimum absolute atomic E-state index is 0.0220.